The van der Waals surface area contributed by atoms with Gasteiger partial charge >= 0.3 is 0 Å². The largest absolute Gasteiger partial charge is 0.351 e. The highest BCUT2D eigenvalue weighted by atomic mass is 35.5. The van der Waals surface area contributed by atoms with Crippen LogP contribution in [-0.2, 0) is 11.2 Å². The van der Waals surface area contributed by atoms with Gasteiger partial charge in [-0.25, -0.2) is 0 Å². The zero-order chi connectivity index (χ0) is 14.6. The Labute approximate surface area is 138 Å². The molecule has 3 nitrogen and oxygen atoms in total. The van der Waals surface area contributed by atoms with Gasteiger partial charge in [0.15, 0.2) is 0 Å². The van der Waals surface area contributed by atoms with E-state index >= 15 is 0 Å². The number of hydrogen-bond donors (Lipinski definition) is 2. The van der Waals surface area contributed by atoms with Gasteiger partial charge in [-0.05, 0) is 57.8 Å². The van der Waals surface area contributed by atoms with Gasteiger partial charge in [0.2, 0.25) is 5.91 Å². The van der Waals surface area contributed by atoms with E-state index in [9.17, 15) is 4.79 Å². The second kappa shape index (κ2) is 8.02. The highest BCUT2D eigenvalue weighted by Crippen LogP contribution is 2.22. The number of nitrogens with one attached hydrogen (secondary N) is 2. The Morgan fingerprint density at radius 1 is 1.33 bits per heavy atom. The normalized spacial score (nSPS) is 16.1. The zero-order valence-corrected chi connectivity index (χ0v) is 14.2. The number of carbonyl (C=O) groups is 1. The van der Waals surface area contributed by atoms with E-state index in [0.29, 0.717) is 0 Å². The van der Waals surface area contributed by atoms with Gasteiger partial charge in [-0.15, -0.1) is 12.4 Å². The molecule has 1 amide bonds. The van der Waals surface area contributed by atoms with Crippen molar-refractivity contribution in [2.75, 3.05) is 13.1 Å². The van der Waals surface area contributed by atoms with Crippen molar-refractivity contribution >= 4 is 29.9 Å². The van der Waals surface area contributed by atoms with Crippen molar-refractivity contribution in [3.63, 3.8) is 0 Å². The maximum Gasteiger partial charge on any atom is 0.223 e. The van der Waals surface area contributed by atoms with Gasteiger partial charge in [0, 0.05) is 16.5 Å². The number of rotatable bonds is 4. The number of carbonyl (C=O) groups excluding carboxylic acids is 1. The third kappa shape index (κ3) is 5.50. The number of halogens is 2. The summed E-state index contributed by atoms with van der Waals surface area (Å²) in [7, 11) is 0. The lowest BCUT2D eigenvalue weighted by molar-refractivity contribution is -0.127. The van der Waals surface area contributed by atoms with Crippen molar-refractivity contribution in [1.29, 1.82) is 0 Å². The molecular weight excluding hydrogens is 307 g/mol. The van der Waals surface area contributed by atoms with Gasteiger partial charge in [-0.3, -0.25) is 4.79 Å². The van der Waals surface area contributed by atoms with E-state index in [1.165, 1.54) is 0 Å². The van der Waals surface area contributed by atoms with Crippen LogP contribution >= 0.6 is 24.0 Å². The minimum Gasteiger partial charge on any atom is -0.351 e. The fraction of sp³-hybridized carbons (Fsp3) is 0.562. The first-order valence-corrected chi connectivity index (χ1v) is 7.62. The van der Waals surface area contributed by atoms with Gasteiger partial charge in [-0.2, -0.15) is 0 Å². The van der Waals surface area contributed by atoms with Crippen LogP contribution in [0.3, 0.4) is 0 Å². The second-order valence-electron chi connectivity index (χ2n) is 6.17. The molecule has 0 bridgehead atoms. The van der Waals surface area contributed by atoms with Crippen molar-refractivity contribution in [3.8, 4) is 0 Å². The van der Waals surface area contributed by atoms with E-state index < -0.39 is 0 Å². The highest BCUT2D eigenvalue weighted by molar-refractivity contribution is 6.31. The topological polar surface area (TPSA) is 41.1 Å². The quantitative estimate of drug-likeness (QED) is 0.890. The first-order chi connectivity index (χ1) is 9.48. The molecule has 21 heavy (non-hydrogen) atoms. The third-order valence-corrected chi connectivity index (χ3v) is 4.13. The number of amides is 1. The monoisotopic (exact) mass is 330 g/mol. The summed E-state index contributed by atoms with van der Waals surface area (Å²) in [5.74, 6) is 0.310. The van der Waals surface area contributed by atoms with Crippen molar-refractivity contribution in [1.82, 2.24) is 10.6 Å². The number of benzene rings is 1. The smallest absolute Gasteiger partial charge is 0.223 e. The van der Waals surface area contributed by atoms with Crippen molar-refractivity contribution < 1.29 is 4.79 Å². The van der Waals surface area contributed by atoms with E-state index in [1.807, 2.05) is 24.3 Å². The lowest BCUT2D eigenvalue weighted by Gasteiger charge is -2.30. The average Bonchev–Trinajstić information content (AvgIpc) is 2.41. The molecule has 0 unspecified atom stereocenters. The second-order valence-corrected chi connectivity index (χ2v) is 6.57. The maximum atomic E-state index is 12.3. The van der Waals surface area contributed by atoms with Crippen LogP contribution in [0.1, 0.15) is 32.3 Å². The first kappa shape index (κ1) is 18.3. The van der Waals surface area contributed by atoms with Gasteiger partial charge in [0.05, 0.1) is 0 Å². The molecule has 2 N–H and O–H groups in total. The van der Waals surface area contributed by atoms with Crippen molar-refractivity contribution in [3.05, 3.63) is 34.9 Å². The lowest BCUT2D eigenvalue weighted by atomic mass is 9.91. The minimum absolute atomic E-state index is 0. The Kier molecular flexibility index (Phi) is 6.98. The van der Waals surface area contributed by atoms with E-state index in [-0.39, 0.29) is 29.8 Å². The van der Waals surface area contributed by atoms with Gasteiger partial charge in [-0.1, -0.05) is 29.8 Å². The molecule has 0 atom stereocenters. The Balaban J connectivity index is 0.00000220. The summed E-state index contributed by atoms with van der Waals surface area (Å²) in [6, 6.07) is 7.81. The summed E-state index contributed by atoms with van der Waals surface area (Å²) in [5, 5.41) is 7.22. The van der Waals surface area contributed by atoms with Crippen LogP contribution in [0, 0.1) is 5.92 Å². The van der Waals surface area contributed by atoms with Crippen molar-refractivity contribution in [2.24, 2.45) is 5.92 Å². The summed E-state index contributed by atoms with van der Waals surface area (Å²) in [5.41, 5.74) is 0.789. The molecule has 1 aromatic carbocycles. The van der Waals surface area contributed by atoms with Gasteiger partial charge in [0.1, 0.15) is 0 Å². The first-order valence-electron chi connectivity index (χ1n) is 7.24. The SMILES string of the molecule is CC(C)(Cc1ccccc1Cl)NC(=O)C1CCNCC1.Cl. The van der Waals surface area contributed by atoms with Gasteiger partial charge in [0.25, 0.3) is 0 Å². The molecule has 1 saturated heterocycles. The molecule has 5 heteroatoms. The standard InChI is InChI=1S/C16H23ClN2O.ClH/c1-16(2,11-13-5-3-4-6-14(13)17)19-15(20)12-7-9-18-10-8-12;/h3-6,12,18H,7-11H2,1-2H3,(H,19,20);1H. The van der Waals surface area contributed by atoms with Crippen LogP contribution in [0.4, 0.5) is 0 Å². The Morgan fingerprint density at radius 2 is 1.95 bits per heavy atom. The average molecular weight is 331 g/mol. The molecule has 0 saturated carbocycles. The Hall–Kier alpha value is -0.770. The molecule has 0 aromatic heterocycles. The Bertz CT molecular complexity index is 471. The molecule has 1 aromatic rings. The molecule has 0 spiro atoms. The van der Waals surface area contributed by atoms with E-state index in [2.05, 4.69) is 24.5 Å². The maximum absolute atomic E-state index is 12.3. The van der Waals surface area contributed by atoms with Crippen LogP contribution in [0.25, 0.3) is 0 Å². The molecule has 1 fully saturated rings. The van der Waals surface area contributed by atoms with Crippen LogP contribution in [0.2, 0.25) is 5.02 Å². The molecular formula is C16H24Cl2N2O. The van der Waals surface area contributed by atoms with Crippen LogP contribution < -0.4 is 10.6 Å². The van der Waals surface area contributed by atoms with E-state index in [1.54, 1.807) is 0 Å². The molecule has 2 rings (SSSR count). The van der Waals surface area contributed by atoms with Crippen LogP contribution in [0.5, 0.6) is 0 Å². The van der Waals surface area contributed by atoms with Crippen LogP contribution in [-0.4, -0.2) is 24.5 Å². The van der Waals surface area contributed by atoms with Gasteiger partial charge < -0.3 is 10.6 Å². The lowest BCUT2D eigenvalue weighted by Crippen LogP contribution is -2.49. The van der Waals surface area contributed by atoms with E-state index in [0.717, 1.165) is 42.9 Å². The fourth-order valence-corrected chi connectivity index (χ4v) is 2.88. The molecule has 0 aliphatic carbocycles. The molecule has 1 aliphatic rings. The Morgan fingerprint density at radius 3 is 2.57 bits per heavy atom. The van der Waals surface area contributed by atoms with Crippen molar-refractivity contribution in [2.45, 2.75) is 38.6 Å². The summed E-state index contributed by atoms with van der Waals surface area (Å²) in [6.45, 7) is 5.97. The summed E-state index contributed by atoms with van der Waals surface area (Å²) >= 11 is 6.19. The highest BCUT2D eigenvalue weighted by Gasteiger charge is 2.27. The third-order valence-electron chi connectivity index (χ3n) is 3.76. The van der Waals surface area contributed by atoms with Crippen LogP contribution in [0.15, 0.2) is 24.3 Å². The predicted molar refractivity (Wildman–Crippen MR) is 90.2 cm³/mol. The fourth-order valence-electron chi connectivity index (χ4n) is 2.68. The minimum atomic E-state index is -0.285. The summed E-state index contributed by atoms with van der Waals surface area (Å²) in [4.78, 5) is 12.3. The summed E-state index contributed by atoms with van der Waals surface area (Å²) in [6.07, 6.45) is 2.59. The molecule has 118 valence electrons. The predicted octanol–water partition coefficient (Wildman–Crippen LogP) is 3.20. The van der Waals surface area contributed by atoms with E-state index in [4.69, 9.17) is 11.6 Å². The zero-order valence-electron chi connectivity index (χ0n) is 12.6. The molecule has 0 radical (unpaired) electrons. The number of piperidine rings is 1. The summed E-state index contributed by atoms with van der Waals surface area (Å²) < 4.78 is 0. The molecule has 1 aliphatic heterocycles. The number of hydrogen-bond acceptors (Lipinski definition) is 2. The molecule has 1 heterocycles.